The molecule has 0 radical (unpaired) electrons. The van der Waals surface area contributed by atoms with Gasteiger partial charge in [0.15, 0.2) is 0 Å². The van der Waals surface area contributed by atoms with E-state index in [1.165, 1.54) is 0 Å². The minimum atomic E-state index is -4.15. The van der Waals surface area contributed by atoms with Crippen molar-refractivity contribution in [3.05, 3.63) is 0 Å². The van der Waals surface area contributed by atoms with E-state index in [1.54, 1.807) is 0 Å². The van der Waals surface area contributed by atoms with Gasteiger partial charge < -0.3 is 4.74 Å². The van der Waals surface area contributed by atoms with Crippen molar-refractivity contribution in [1.29, 1.82) is 0 Å². The van der Waals surface area contributed by atoms with Crippen molar-refractivity contribution in [2.45, 2.75) is 11.1 Å². The van der Waals surface area contributed by atoms with Crippen LogP contribution in [0.15, 0.2) is 0 Å². The van der Waals surface area contributed by atoms with Crippen molar-refractivity contribution < 1.29 is 17.9 Å². The highest BCUT2D eigenvalue weighted by molar-refractivity contribution is 8.16. The van der Waals surface area contributed by atoms with Crippen LogP contribution in [-0.4, -0.2) is 25.7 Å². The van der Waals surface area contributed by atoms with Crippen LogP contribution in [0.2, 0.25) is 0 Å². The van der Waals surface area contributed by atoms with Crippen LogP contribution in [-0.2, 0) is 18.6 Å². The Morgan fingerprint density at radius 3 is 2.00 bits per heavy atom. The number of alkyl halides is 1. The van der Waals surface area contributed by atoms with Crippen LogP contribution in [0.25, 0.3) is 0 Å². The predicted octanol–water partition coefficient (Wildman–Crippen LogP) is 0.683. The monoisotopic (exact) mass is 220 g/mol. The summed E-state index contributed by atoms with van der Waals surface area (Å²) in [6, 6.07) is 0. The van der Waals surface area contributed by atoms with Gasteiger partial charge in [-0.3, -0.25) is 0 Å². The highest BCUT2D eigenvalue weighted by Crippen LogP contribution is 2.27. The van der Waals surface area contributed by atoms with Gasteiger partial charge in [0, 0.05) is 10.7 Å². The Balaban J connectivity index is 4.90. The molecular weight excluding hydrogens is 215 g/mol. The molecule has 0 aliphatic rings. The summed E-state index contributed by atoms with van der Waals surface area (Å²) in [5.41, 5.74) is 0. The second-order valence-corrected chi connectivity index (χ2v) is 5.74. The van der Waals surface area contributed by atoms with Crippen molar-refractivity contribution in [1.82, 2.24) is 0 Å². The maximum absolute atomic E-state index is 10.7. The lowest BCUT2D eigenvalue weighted by Gasteiger charge is -2.13. The van der Waals surface area contributed by atoms with Crippen LogP contribution in [0.4, 0.5) is 0 Å². The molecule has 0 saturated carbocycles. The van der Waals surface area contributed by atoms with E-state index in [0.717, 1.165) is 14.0 Å². The molecule has 4 nitrogen and oxygen atoms in total. The van der Waals surface area contributed by atoms with Crippen molar-refractivity contribution in [2.75, 3.05) is 7.11 Å². The smallest absolute Gasteiger partial charge is 0.343 e. The van der Waals surface area contributed by atoms with Gasteiger partial charge in [0.1, 0.15) is 0 Å². The van der Waals surface area contributed by atoms with E-state index in [1.807, 2.05) is 0 Å². The lowest BCUT2D eigenvalue weighted by atomic mass is 10.5. The van der Waals surface area contributed by atoms with Crippen LogP contribution in [0.1, 0.15) is 6.92 Å². The lowest BCUT2D eigenvalue weighted by molar-refractivity contribution is -0.140. The van der Waals surface area contributed by atoms with Gasteiger partial charge in [-0.25, -0.2) is 13.2 Å². The number of esters is 1. The van der Waals surface area contributed by atoms with Crippen molar-refractivity contribution in [3.63, 3.8) is 0 Å². The van der Waals surface area contributed by atoms with E-state index >= 15 is 0 Å². The molecule has 0 spiro atoms. The summed E-state index contributed by atoms with van der Waals surface area (Å²) in [6.45, 7) is 0.947. The average Bonchev–Trinajstić information content (AvgIpc) is 1.83. The van der Waals surface area contributed by atoms with Crippen LogP contribution in [0, 0.1) is 0 Å². The molecule has 0 N–H and O–H groups in total. The van der Waals surface area contributed by atoms with E-state index in [2.05, 4.69) is 4.74 Å². The van der Waals surface area contributed by atoms with Gasteiger partial charge in [0.25, 0.3) is 13.3 Å². The second-order valence-electron chi connectivity index (χ2n) is 1.85. The molecule has 7 heteroatoms. The molecule has 0 aromatic carbocycles. The third kappa shape index (κ3) is 2.21. The van der Waals surface area contributed by atoms with Crippen molar-refractivity contribution >= 4 is 37.3 Å². The third-order valence-electron chi connectivity index (χ3n) is 1.01. The molecule has 0 aromatic heterocycles. The van der Waals surface area contributed by atoms with E-state index in [-0.39, 0.29) is 0 Å². The Kier molecular flexibility index (Phi) is 3.16. The summed E-state index contributed by atoms with van der Waals surface area (Å²) < 4.78 is 23.1. The van der Waals surface area contributed by atoms with Gasteiger partial charge in [-0.1, -0.05) is 11.6 Å². The molecule has 0 aliphatic carbocycles. The molecule has 0 fully saturated rings. The molecule has 0 aromatic rings. The van der Waals surface area contributed by atoms with E-state index in [0.29, 0.717) is 0 Å². The van der Waals surface area contributed by atoms with Gasteiger partial charge in [0.05, 0.1) is 7.11 Å². The van der Waals surface area contributed by atoms with E-state index in [4.69, 9.17) is 22.3 Å². The standard InChI is InChI=1S/C4H6Cl2O4S/c1-4(5,3(7)10-2)11(6,8)9/h1-2H3. The normalized spacial score (nSPS) is 17.1. The first-order chi connectivity index (χ1) is 4.73. The Bertz CT molecular complexity index is 255. The topological polar surface area (TPSA) is 60.4 Å². The molecule has 1 unspecified atom stereocenters. The average molecular weight is 221 g/mol. The largest absolute Gasteiger partial charge is 0.467 e. The third-order valence-corrected chi connectivity index (χ3v) is 4.02. The van der Waals surface area contributed by atoms with E-state index < -0.39 is 19.2 Å². The van der Waals surface area contributed by atoms with Crippen LogP contribution in [0.5, 0.6) is 0 Å². The number of methoxy groups -OCH3 is 1. The first-order valence-electron chi connectivity index (χ1n) is 2.45. The first-order valence-corrected chi connectivity index (χ1v) is 5.13. The molecular formula is C4H6Cl2O4S. The Morgan fingerprint density at radius 2 is 1.91 bits per heavy atom. The summed E-state index contributed by atoms with van der Waals surface area (Å²) >= 11 is 5.27. The number of hydrogen-bond acceptors (Lipinski definition) is 4. The molecule has 0 rings (SSSR count). The summed E-state index contributed by atoms with van der Waals surface area (Å²) in [7, 11) is 1.71. The second kappa shape index (κ2) is 3.16. The number of hydrogen-bond donors (Lipinski definition) is 0. The predicted molar refractivity (Wildman–Crippen MR) is 41.0 cm³/mol. The molecule has 0 aliphatic heterocycles. The number of ether oxygens (including phenoxy) is 1. The highest BCUT2D eigenvalue weighted by atomic mass is 35.7. The van der Waals surface area contributed by atoms with Crippen molar-refractivity contribution in [2.24, 2.45) is 0 Å². The fourth-order valence-electron chi connectivity index (χ4n) is 0.282. The zero-order valence-electron chi connectivity index (χ0n) is 5.80. The lowest BCUT2D eigenvalue weighted by Crippen LogP contribution is -2.35. The molecule has 0 heterocycles. The number of carbonyl (C=O) groups is 1. The SMILES string of the molecule is COC(=O)C(C)(Cl)S(=O)(=O)Cl. The summed E-state index contributed by atoms with van der Waals surface area (Å²) in [4.78, 5) is 10.7. The van der Waals surface area contributed by atoms with Crippen molar-refractivity contribution in [3.8, 4) is 0 Å². The first kappa shape index (κ1) is 11.0. The van der Waals surface area contributed by atoms with Gasteiger partial charge in [0.2, 0.25) is 0 Å². The zero-order chi connectivity index (χ0) is 9.28. The summed E-state index contributed by atoms with van der Waals surface area (Å²) in [6.07, 6.45) is 0. The fraction of sp³-hybridized carbons (Fsp3) is 0.750. The minimum absolute atomic E-state index is 0.947. The summed E-state index contributed by atoms with van der Waals surface area (Å²) in [5, 5.41) is 0. The molecule has 66 valence electrons. The van der Waals surface area contributed by atoms with Crippen LogP contribution in [0.3, 0.4) is 0 Å². The molecule has 11 heavy (non-hydrogen) atoms. The highest BCUT2D eigenvalue weighted by Gasteiger charge is 2.44. The molecule has 1 atom stereocenters. The number of carbonyl (C=O) groups excluding carboxylic acids is 1. The quantitative estimate of drug-likeness (QED) is 0.391. The van der Waals surface area contributed by atoms with Crippen LogP contribution >= 0.6 is 22.3 Å². The Morgan fingerprint density at radius 1 is 1.55 bits per heavy atom. The maximum Gasteiger partial charge on any atom is 0.343 e. The Hall–Kier alpha value is -0.000000000000000111. The minimum Gasteiger partial charge on any atom is -0.467 e. The zero-order valence-corrected chi connectivity index (χ0v) is 8.13. The maximum atomic E-state index is 10.7. The Labute approximate surface area is 73.8 Å². The summed E-state index contributed by atoms with van der Waals surface area (Å²) in [5.74, 6) is -1.10. The van der Waals surface area contributed by atoms with E-state index in [9.17, 15) is 13.2 Å². The number of halogens is 2. The van der Waals surface area contributed by atoms with Gasteiger partial charge >= 0.3 is 5.97 Å². The van der Waals surface area contributed by atoms with Gasteiger partial charge in [-0.2, -0.15) is 0 Å². The molecule has 0 amide bonds. The van der Waals surface area contributed by atoms with Gasteiger partial charge in [-0.15, -0.1) is 0 Å². The molecule has 0 saturated heterocycles. The molecule has 0 bridgehead atoms. The fourth-order valence-corrected chi connectivity index (χ4v) is 0.830. The van der Waals surface area contributed by atoms with Gasteiger partial charge in [-0.05, 0) is 6.92 Å². The van der Waals surface area contributed by atoms with Crippen LogP contribution < -0.4 is 0 Å². The number of rotatable bonds is 2.